The molecule has 0 aromatic carbocycles. The van der Waals surface area contributed by atoms with Gasteiger partial charge in [0.05, 0.1) is 18.0 Å². The maximum absolute atomic E-state index is 11.9. The molecule has 0 saturated carbocycles. The molecule has 0 aliphatic carbocycles. The first-order valence-electron chi connectivity index (χ1n) is 5.74. The number of amides is 1. The summed E-state index contributed by atoms with van der Waals surface area (Å²) in [7, 11) is 0. The van der Waals surface area contributed by atoms with Gasteiger partial charge in [-0.05, 0) is 12.8 Å². The van der Waals surface area contributed by atoms with E-state index < -0.39 is 6.10 Å². The van der Waals surface area contributed by atoms with Crippen LogP contribution >= 0.6 is 0 Å². The van der Waals surface area contributed by atoms with Crippen molar-refractivity contribution in [3.05, 3.63) is 11.9 Å². The first kappa shape index (κ1) is 13.5. The molecule has 0 aliphatic heterocycles. The molecule has 0 radical (unpaired) electrons. The van der Waals surface area contributed by atoms with E-state index in [1.54, 1.807) is 0 Å². The van der Waals surface area contributed by atoms with Gasteiger partial charge in [0.2, 0.25) is 0 Å². The van der Waals surface area contributed by atoms with Gasteiger partial charge in [0.1, 0.15) is 5.69 Å². The summed E-state index contributed by atoms with van der Waals surface area (Å²) in [4.78, 5) is 11.9. The average Bonchev–Trinajstić information content (AvgIpc) is 2.66. The van der Waals surface area contributed by atoms with Crippen LogP contribution in [0.25, 0.3) is 0 Å². The van der Waals surface area contributed by atoms with E-state index in [1.165, 1.54) is 10.9 Å². The molecule has 0 spiro atoms. The summed E-state index contributed by atoms with van der Waals surface area (Å²) in [5, 5.41) is 16.2. The Hall–Kier alpha value is -1.56. The number of nitrogens with two attached hydrogens (primary N) is 1. The second kappa shape index (κ2) is 5.67. The molecule has 1 amide bonds. The van der Waals surface area contributed by atoms with Crippen molar-refractivity contribution in [3.63, 3.8) is 0 Å². The number of nitrogens with one attached hydrogen (secondary N) is 1. The van der Waals surface area contributed by atoms with Gasteiger partial charge in [-0.15, -0.1) is 0 Å². The first-order valence-corrected chi connectivity index (χ1v) is 5.74. The Bertz CT molecular complexity index is 387. The zero-order chi connectivity index (χ0) is 13.0. The highest BCUT2D eigenvalue weighted by atomic mass is 16.3. The third-order valence-corrected chi connectivity index (χ3v) is 2.62. The maximum Gasteiger partial charge on any atom is 0.271 e. The number of anilines is 1. The van der Waals surface area contributed by atoms with Crippen LogP contribution in [0.4, 0.5) is 5.69 Å². The molecule has 0 bridgehead atoms. The number of carbonyl (C=O) groups excluding carboxylic acids is 1. The van der Waals surface area contributed by atoms with Gasteiger partial charge in [-0.3, -0.25) is 9.48 Å². The van der Waals surface area contributed by atoms with E-state index in [9.17, 15) is 9.90 Å². The largest absolute Gasteiger partial charge is 0.396 e. The molecule has 1 atom stereocenters. The summed E-state index contributed by atoms with van der Waals surface area (Å²) >= 11 is 0. The third-order valence-electron chi connectivity index (χ3n) is 2.62. The van der Waals surface area contributed by atoms with Crippen molar-refractivity contribution in [2.75, 3.05) is 12.3 Å². The number of rotatable bonds is 5. The fourth-order valence-electron chi connectivity index (χ4n) is 1.40. The predicted octanol–water partition coefficient (Wildman–Crippen LogP) is 0.232. The first-order chi connectivity index (χ1) is 7.97. The standard InChI is InChI=1S/C11H20N4O2/c1-4-15-10(8(12)5-14-15)11(17)13-6-9(16)7(2)3/h5,7,9,16H,4,6,12H2,1-3H3,(H,13,17). The molecule has 1 heterocycles. The number of nitrogen functional groups attached to an aromatic ring is 1. The second-order valence-corrected chi connectivity index (χ2v) is 4.29. The fourth-order valence-corrected chi connectivity index (χ4v) is 1.40. The fraction of sp³-hybridized carbons (Fsp3) is 0.636. The smallest absolute Gasteiger partial charge is 0.271 e. The van der Waals surface area contributed by atoms with E-state index in [0.717, 1.165) is 0 Å². The van der Waals surface area contributed by atoms with E-state index in [4.69, 9.17) is 5.73 Å². The van der Waals surface area contributed by atoms with E-state index in [1.807, 2.05) is 20.8 Å². The highest BCUT2D eigenvalue weighted by molar-refractivity contribution is 5.97. The van der Waals surface area contributed by atoms with Gasteiger partial charge in [0, 0.05) is 13.1 Å². The van der Waals surface area contributed by atoms with E-state index in [-0.39, 0.29) is 18.4 Å². The normalized spacial score (nSPS) is 12.8. The van der Waals surface area contributed by atoms with Gasteiger partial charge in [0.15, 0.2) is 0 Å². The number of nitrogens with zero attached hydrogens (tertiary/aromatic N) is 2. The van der Waals surface area contributed by atoms with Crippen molar-refractivity contribution in [3.8, 4) is 0 Å². The van der Waals surface area contributed by atoms with Gasteiger partial charge in [0.25, 0.3) is 5.91 Å². The van der Waals surface area contributed by atoms with E-state index in [0.29, 0.717) is 17.9 Å². The van der Waals surface area contributed by atoms with Crippen molar-refractivity contribution in [1.82, 2.24) is 15.1 Å². The zero-order valence-electron chi connectivity index (χ0n) is 10.5. The number of aliphatic hydroxyl groups excluding tert-OH is 1. The SMILES string of the molecule is CCn1ncc(N)c1C(=O)NCC(O)C(C)C. The zero-order valence-corrected chi connectivity index (χ0v) is 10.5. The van der Waals surface area contributed by atoms with Crippen molar-refractivity contribution < 1.29 is 9.90 Å². The van der Waals surface area contributed by atoms with Crippen molar-refractivity contribution in [1.29, 1.82) is 0 Å². The average molecular weight is 240 g/mol. The van der Waals surface area contributed by atoms with E-state index in [2.05, 4.69) is 10.4 Å². The van der Waals surface area contributed by atoms with Gasteiger partial charge in [-0.1, -0.05) is 13.8 Å². The Labute approximate surface area is 101 Å². The molecule has 1 aromatic heterocycles. The summed E-state index contributed by atoms with van der Waals surface area (Å²) in [6.07, 6.45) is 0.898. The van der Waals surface area contributed by atoms with Crippen LogP contribution in [0.15, 0.2) is 6.20 Å². The molecule has 0 fully saturated rings. The summed E-state index contributed by atoms with van der Waals surface area (Å²) in [5.74, 6) is -0.203. The molecule has 4 N–H and O–H groups in total. The molecule has 0 aliphatic rings. The lowest BCUT2D eigenvalue weighted by Gasteiger charge is -2.15. The Morgan fingerprint density at radius 3 is 2.82 bits per heavy atom. The van der Waals surface area contributed by atoms with Gasteiger partial charge in [-0.2, -0.15) is 5.10 Å². The lowest BCUT2D eigenvalue weighted by Crippen LogP contribution is -2.36. The minimum Gasteiger partial charge on any atom is -0.396 e. The minimum absolute atomic E-state index is 0.101. The molecule has 96 valence electrons. The molecule has 6 heteroatoms. The monoisotopic (exact) mass is 240 g/mol. The molecule has 17 heavy (non-hydrogen) atoms. The predicted molar refractivity (Wildman–Crippen MR) is 65.5 cm³/mol. The Balaban J connectivity index is 2.67. The molecule has 1 rings (SSSR count). The number of aryl methyl sites for hydroxylation is 1. The van der Waals surface area contributed by atoms with Crippen LogP contribution in [-0.4, -0.2) is 33.4 Å². The molecule has 1 unspecified atom stereocenters. The van der Waals surface area contributed by atoms with Crippen LogP contribution in [0.2, 0.25) is 0 Å². The lowest BCUT2D eigenvalue weighted by atomic mass is 10.1. The van der Waals surface area contributed by atoms with Crippen LogP contribution < -0.4 is 11.1 Å². The Kier molecular flexibility index (Phi) is 4.51. The number of hydrogen-bond donors (Lipinski definition) is 3. The van der Waals surface area contributed by atoms with E-state index >= 15 is 0 Å². The second-order valence-electron chi connectivity index (χ2n) is 4.29. The highest BCUT2D eigenvalue weighted by Crippen LogP contribution is 2.10. The van der Waals surface area contributed by atoms with Crippen molar-refractivity contribution in [2.24, 2.45) is 5.92 Å². The third kappa shape index (κ3) is 3.20. The summed E-state index contributed by atoms with van der Waals surface area (Å²) in [6.45, 7) is 6.45. The van der Waals surface area contributed by atoms with Gasteiger partial charge < -0.3 is 16.2 Å². The molecule has 6 nitrogen and oxygen atoms in total. The lowest BCUT2D eigenvalue weighted by molar-refractivity contribution is 0.0863. The minimum atomic E-state index is -0.557. The Morgan fingerprint density at radius 2 is 2.29 bits per heavy atom. The topological polar surface area (TPSA) is 93.2 Å². The summed E-state index contributed by atoms with van der Waals surface area (Å²) in [6, 6.07) is 0. The van der Waals surface area contributed by atoms with Crippen LogP contribution in [0, 0.1) is 5.92 Å². The van der Waals surface area contributed by atoms with Crippen LogP contribution in [0.3, 0.4) is 0 Å². The molecular formula is C11H20N4O2. The maximum atomic E-state index is 11.9. The summed E-state index contributed by atoms with van der Waals surface area (Å²) in [5.41, 5.74) is 6.38. The Morgan fingerprint density at radius 1 is 1.65 bits per heavy atom. The van der Waals surface area contributed by atoms with Crippen molar-refractivity contribution in [2.45, 2.75) is 33.4 Å². The van der Waals surface area contributed by atoms with Crippen LogP contribution in [-0.2, 0) is 6.54 Å². The van der Waals surface area contributed by atoms with Crippen LogP contribution in [0.1, 0.15) is 31.3 Å². The highest BCUT2D eigenvalue weighted by Gasteiger charge is 2.17. The molecule has 0 saturated heterocycles. The van der Waals surface area contributed by atoms with Crippen LogP contribution in [0.5, 0.6) is 0 Å². The number of carbonyl (C=O) groups is 1. The number of aliphatic hydroxyl groups is 1. The van der Waals surface area contributed by atoms with Gasteiger partial charge in [-0.25, -0.2) is 0 Å². The number of hydrogen-bond acceptors (Lipinski definition) is 4. The molecular weight excluding hydrogens is 220 g/mol. The molecule has 1 aromatic rings. The van der Waals surface area contributed by atoms with Gasteiger partial charge >= 0.3 is 0 Å². The quantitative estimate of drug-likeness (QED) is 0.687. The number of aromatic nitrogens is 2. The van der Waals surface area contributed by atoms with Crippen molar-refractivity contribution >= 4 is 11.6 Å². The summed E-state index contributed by atoms with van der Waals surface area (Å²) < 4.78 is 1.53.